The van der Waals surface area contributed by atoms with E-state index in [2.05, 4.69) is 18.3 Å². The zero-order valence-corrected chi connectivity index (χ0v) is 13.2. The number of carbonyl (C=O) groups is 1. The molecular weight excluding hydrogens is 280 g/mol. The van der Waals surface area contributed by atoms with Gasteiger partial charge in [-0.1, -0.05) is 19.1 Å². The molecule has 0 atom stereocenters. The van der Waals surface area contributed by atoms with E-state index in [-0.39, 0.29) is 5.91 Å². The number of hydrogen-bond acceptors (Lipinski definition) is 3. The van der Waals surface area contributed by atoms with Gasteiger partial charge in [-0.05, 0) is 54.8 Å². The second kappa shape index (κ2) is 7.18. The van der Waals surface area contributed by atoms with E-state index < -0.39 is 0 Å². The minimum absolute atomic E-state index is 0.00415. The Labute approximate surface area is 129 Å². The zero-order chi connectivity index (χ0) is 15.2. The summed E-state index contributed by atoms with van der Waals surface area (Å²) in [7, 11) is 0. The van der Waals surface area contributed by atoms with Crippen molar-refractivity contribution in [3.8, 4) is 0 Å². The van der Waals surface area contributed by atoms with Crippen molar-refractivity contribution < 1.29 is 4.79 Å². The second-order valence-electron chi connectivity index (χ2n) is 4.92. The minimum Gasteiger partial charge on any atom is -0.399 e. The number of nitrogens with one attached hydrogen (secondary N) is 1. The van der Waals surface area contributed by atoms with Crippen LogP contribution in [0, 0.1) is 6.92 Å². The highest BCUT2D eigenvalue weighted by atomic mass is 32.2. The minimum atomic E-state index is 0.00415. The Morgan fingerprint density at radius 2 is 2.05 bits per heavy atom. The molecule has 0 unspecified atom stereocenters. The van der Waals surface area contributed by atoms with E-state index in [0.29, 0.717) is 5.75 Å². The summed E-state index contributed by atoms with van der Waals surface area (Å²) in [6.45, 7) is 4.10. The summed E-state index contributed by atoms with van der Waals surface area (Å²) < 4.78 is 0. The van der Waals surface area contributed by atoms with Gasteiger partial charge in [0.25, 0.3) is 0 Å². The van der Waals surface area contributed by atoms with Gasteiger partial charge in [-0.15, -0.1) is 11.8 Å². The highest BCUT2D eigenvalue weighted by Crippen LogP contribution is 2.24. The standard InChI is InChI=1S/C17H20N2OS/c1-3-13-5-4-6-15(10-13)19-17(20)11-21-16-8-7-14(18)9-12(16)2/h4-10H,3,11,18H2,1-2H3,(H,19,20). The normalized spacial score (nSPS) is 10.4. The number of carbonyl (C=O) groups excluding carboxylic acids is 1. The molecule has 0 bridgehead atoms. The molecule has 0 aliphatic rings. The maximum atomic E-state index is 12.0. The van der Waals surface area contributed by atoms with Crippen LogP contribution < -0.4 is 11.1 Å². The lowest BCUT2D eigenvalue weighted by molar-refractivity contribution is -0.113. The molecule has 2 aromatic rings. The summed E-state index contributed by atoms with van der Waals surface area (Å²) >= 11 is 1.53. The van der Waals surface area contributed by atoms with Crippen LogP contribution in [-0.2, 0) is 11.2 Å². The van der Waals surface area contributed by atoms with E-state index in [1.165, 1.54) is 17.3 Å². The Kier molecular flexibility index (Phi) is 5.28. The van der Waals surface area contributed by atoms with Gasteiger partial charge in [0.1, 0.15) is 0 Å². The van der Waals surface area contributed by atoms with Gasteiger partial charge in [0.2, 0.25) is 5.91 Å². The summed E-state index contributed by atoms with van der Waals surface area (Å²) in [6.07, 6.45) is 0.961. The lowest BCUT2D eigenvalue weighted by Gasteiger charge is -2.08. The van der Waals surface area contributed by atoms with Crippen LogP contribution in [0.2, 0.25) is 0 Å². The van der Waals surface area contributed by atoms with Crippen molar-refractivity contribution in [3.05, 3.63) is 53.6 Å². The lowest BCUT2D eigenvalue weighted by Crippen LogP contribution is -2.14. The van der Waals surface area contributed by atoms with Crippen molar-refractivity contribution in [2.45, 2.75) is 25.2 Å². The fourth-order valence-electron chi connectivity index (χ4n) is 2.04. The maximum absolute atomic E-state index is 12.0. The van der Waals surface area contributed by atoms with Crippen LogP contribution in [0.25, 0.3) is 0 Å². The summed E-state index contributed by atoms with van der Waals surface area (Å²) in [5.41, 5.74) is 9.64. The molecule has 0 aliphatic carbocycles. The smallest absolute Gasteiger partial charge is 0.234 e. The van der Waals surface area contributed by atoms with Crippen molar-refractivity contribution in [3.63, 3.8) is 0 Å². The molecule has 4 heteroatoms. The SMILES string of the molecule is CCc1cccc(NC(=O)CSc2ccc(N)cc2C)c1. The van der Waals surface area contributed by atoms with Gasteiger partial charge < -0.3 is 11.1 Å². The Morgan fingerprint density at radius 1 is 1.24 bits per heavy atom. The molecule has 0 spiro atoms. The largest absolute Gasteiger partial charge is 0.399 e. The van der Waals surface area contributed by atoms with E-state index in [1.54, 1.807) is 0 Å². The highest BCUT2D eigenvalue weighted by molar-refractivity contribution is 8.00. The fourth-order valence-corrected chi connectivity index (χ4v) is 2.85. The summed E-state index contributed by atoms with van der Waals surface area (Å²) in [5.74, 6) is 0.394. The van der Waals surface area contributed by atoms with Crippen LogP contribution in [0.4, 0.5) is 11.4 Å². The number of amides is 1. The lowest BCUT2D eigenvalue weighted by atomic mass is 10.1. The molecule has 0 radical (unpaired) electrons. The van der Waals surface area contributed by atoms with E-state index in [9.17, 15) is 4.79 Å². The summed E-state index contributed by atoms with van der Waals surface area (Å²) in [6, 6.07) is 13.7. The van der Waals surface area contributed by atoms with Crippen molar-refractivity contribution in [2.75, 3.05) is 16.8 Å². The van der Waals surface area contributed by atoms with Gasteiger partial charge in [0, 0.05) is 16.3 Å². The van der Waals surface area contributed by atoms with Crippen LogP contribution in [0.15, 0.2) is 47.4 Å². The number of benzene rings is 2. The van der Waals surface area contributed by atoms with Crippen molar-refractivity contribution in [1.29, 1.82) is 0 Å². The van der Waals surface area contributed by atoms with Crippen LogP contribution in [0.5, 0.6) is 0 Å². The monoisotopic (exact) mass is 300 g/mol. The number of anilines is 2. The first-order chi connectivity index (χ1) is 10.1. The van der Waals surface area contributed by atoms with E-state index >= 15 is 0 Å². The third-order valence-electron chi connectivity index (χ3n) is 3.18. The molecule has 2 aromatic carbocycles. The molecule has 0 heterocycles. The van der Waals surface area contributed by atoms with Crippen molar-refractivity contribution in [1.82, 2.24) is 0 Å². The number of nitrogen functional groups attached to an aromatic ring is 1. The Morgan fingerprint density at radius 3 is 2.76 bits per heavy atom. The number of nitrogens with two attached hydrogens (primary N) is 1. The molecule has 0 saturated carbocycles. The van der Waals surface area contributed by atoms with Crippen LogP contribution in [0.3, 0.4) is 0 Å². The first-order valence-corrected chi connectivity index (χ1v) is 7.94. The van der Waals surface area contributed by atoms with Gasteiger partial charge in [-0.25, -0.2) is 0 Å². The van der Waals surface area contributed by atoms with Crippen molar-refractivity contribution >= 4 is 29.0 Å². The van der Waals surface area contributed by atoms with E-state index in [0.717, 1.165) is 28.3 Å². The van der Waals surface area contributed by atoms with Crippen molar-refractivity contribution in [2.24, 2.45) is 0 Å². The number of hydrogen-bond donors (Lipinski definition) is 2. The molecule has 0 aromatic heterocycles. The van der Waals surface area contributed by atoms with Gasteiger partial charge in [0.05, 0.1) is 5.75 Å². The molecule has 2 rings (SSSR count). The third-order valence-corrected chi connectivity index (χ3v) is 4.35. The topological polar surface area (TPSA) is 55.1 Å². The maximum Gasteiger partial charge on any atom is 0.234 e. The zero-order valence-electron chi connectivity index (χ0n) is 12.3. The number of aryl methyl sites for hydroxylation is 2. The van der Waals surface area contributed by atoms with Crippen LogP contribution in [-0.4, -0.2) is 11.7 Å². The average molecular weight is 300 g/mol. The van der Waals surface area contributed by atoms with Crippen LogP contribution >= 0.6 is 11.8 Å². The first kappa shape index (κ1) is 15.4. The summed E-state index contributed by atoms with van der Waals surface area (Å²) in [4.78, 5) is 13.1. The Hall–Kier alpha value is -1.94. The van der Waals surface area contributed by atoms with Crippen LogP contribution in [0.1, 0.15) is 18.1 Å². The highest BCUT2D eigenvalue weighted by Gasteiger charge is 2.06. The molecule has 0 saturated heterocycles. The average Bonchev–Trinajstić information content (AvgIpc) is 2.46. The molecule has 0 fully saturated rings. The quantitative estimate of drug-likeness (QED) is 0.651. The second-order valence-corrected chi connectivity index (χ2v) is 5.93. The van der Waals surface area contributed by atoms with Gasteiger partial charge in [-0.2, -0.15) is 0 Å². The van der Waals surface area contributed by atoms with Gasteiger partial charge in [-0.3, -0.25) is 4.79 Å². The number of rotatable bonds is 5. The molecular formula is C17H20N2OS. The number of thioether (sulfide) groups is 1. The third kappa shape index (κ3) is 4.53. The Balaban J connectivity index is 1.92. The predicted molar refractivity (Wildman–Crippen MR) is 90.8 cm³/mol. The molecule has 21 heavy (non-hydrogen) atoms. The first-order valence-electron chi connectivity index (χ1n) is 6.96. The van der Waals surface area contributed by atoms with Gasteiger partial charge in [0.15, 0.2) is 0 Å². The fraction of sp³-hybridized carbons (Fsp3) is 0.235. The molecule has 0 aliphatic heterocycles. The van der Waals surface area contributed by atoms with E-state index in [1.807, 2.05) is 43.3 Å². The predicted octanol–water partition coefficient (Wildman–Crippen LogP) is 3.87. The van der Waals surface area contributed by atoms with Gasteiger partial charge >= 0.3 is 0 Å². The molecule has 110 valence electrons. The molecule has 3 nitrogen and oxygen atoms in total. The Bertz CT molecular complexity index is 640. The van der Waals surface area contributed by atoms with E-state index in [4.69, 9.17) is 5.73 Å². The summed E-state index contributed by atoms with van der Waals surface area (Å²) in [5, 5.41) is 2.93. The molecule has 3 N–H and O–H groups in total. The molecule has 1 amide bonds.